The highest BCUT2D eigenvalue weighted by molar-refractivity contribution is 5.96. The first-order valence-corrected chi connectivity index (χ1v) is 11.4. The van der Waals surface area contributed by atoms with Crippen molar-refractivity contribution in [2.45, 2.75) is 32.7 Å². The summed E-state index contributed by atoms with van der Waals surface area (Å²) in [4.78, 5) is 21.4. The second-order valence-electron chi connectivity index (χ2n) is 9.08. The van der Waals surface area contributed by atoms with Crippen LogP contribution in [-0.2, 0) is 6.42 Å². The lowest BCUT2D eigenvalue weighted by Gasteiger charge is -2.19. The van der Waals surface area contributed by atoms with E-state index in [0.29, 0.717) is 41.4 Å². The van der Waals surface area contributed by atoms with Gasteiger partial charge in [0.15, 0.2) is 23.0 Å². The van der Waals surface area contributed by atoms with Crippen LogP contribution in [0.15, 0.2) is 48.9 Å². The molecule has 4 N–H and O–H groups in total. The van der Waals surface area contributed by atoms with E-state index >= 15 is 0 Å². The van der Waals surface area contributed by atoms with Crippen LogP contribution in [0, 0.1) is 11.6 Å². The van der Waals surface area contributed by atoms with Crippen LogP contribution in [0.4, 0.5) is 20.3 Å². The van der Waals surface area contributed by atoms with E-state index in [1.807, 2.05) is 26.8 Å². The van der Waals surface area contributed by atoms with Gasteiger partial charge >= 0.3 is 0 Å². The number of nitrogens with zero attached hydrogens (tertiary/aromatic N) is 3. The maximum absolute atomic E-state index is 14.7. The van der Waals surface area contributed by atoms with Crippen LogP contribution in [0.3, 0.4) is 0 Å². The molecule has 37 heavy (non-hydrogen) atoms. The van der Waals surface area contributed by atoms with Gasteiger partial charge in [-0.05, 0) is 56.2 Å². The molecule has 196 valence electrons. The Morgan fingerprint density at radius 2 is 1.92 bits per heavy atom. The molecule has 0 saturated heterocycles. The molecule has 0 unspecified atom stereocenters. The smallest absolute Gasteiger partial charge is 0.251 e. The number of hydrogen-bond acceptors (Lipinski definition) is 6. The lowest BCUT2D eigenvalue weighted by Crippen LogP contribution is -2.45. The van der Waals surface area contributed by atoms with E-state index in [1.165, 1.54) is 31.6 Å². The van der Waals surface area contributed by atoms with Crippen LogP contribution < -0.4 is 21.1 Å². The number of ether oxygens (including phenoxy) is 1. The van der Waals surface area contributed by atoms with Gasteiger partial charge in [0.2, 0.25) is 5.82 Å². The monoisotopic (exact) mass is 530 g/mol. The SMILES string of the molecule is CCc1cc(Nc2nccn3c(-c4ccc(OC)c(F)c4F)cnc23)ccc1C(=O)NCC(C)(C)N.Cl. The summed E-state index contributed by atoms with van der Waals surface area (Å²) < 4.78 is 35.5. The molecule has 0 saturated carbocycles. The molecule has 11 heteroatoms. The van der Waals surface area contributed by atoms with Gasteiger partial charge in [0.25, 0.3) is 5.91 Å². The molecule has 0 aliphatic rings. The van der Waals surface area contributed by atoms with Crippen molar-refractivity contribution in [3.05, 3.63) is 71.7 Å². The van der Waals surface area contributed by atoms with Crippen LogP contribution in [0.25, 0.3) is 16.9 Å². The lowest BCUT2D eigenvalue weighted by molar-refractivity contribution is 0.0945. The number of imidazole rings is 1. The number of nitrogens with two attached hydrogens (primary N) is 1. The molecule has 0 aliphatic carbocycles. The summed E-state index contributed by atoms with van der Waals surface area (Å²) in [6, 6.07) is 8.20. The molecule has 0 spiro atoms. The average Bonchev–Trinajstić information content (AvgIpc) is 3.28. The first kappa shape index (κ1) is 27.8. The molecule has 2 aromatic heterocycles. The second kappa shape index (κ2) is 11.1. The molecule has 0 radical (unpaired) electrons. The third kappa shape index (κ3) is 5.81. The van der Waals surface area contributed by atoms with Crippen molar-refractivity contribution < 1.29 is 18.3 Å². The van der Waals surface area contributed by atoms with E-state index < -0.39 is 17.2 Å². The number of benzene rings is 2. The first-order valence-electron chi connectivity index (χ1n) is 11.4. The van der Waals surface area contributed by atoms with E-state index in [-0.39, 0.29) is 29.6 Å². The molecule has 1 amide bonds. The number of fused-ring (bicyclic) bond motifs is 1. The molecule has 4 rings (SSSR count). The Kier molecular flexibility index (Phi) is 8.35. The zero-order valence-corrected chi connectivity index (χ0v) is 21.7. The fraction of sp³-hybridized carbons (Fsp3) is 0.269. The Bertz CT molecular complexity index is 1430. The minimum Gasteiger partial charge on any atom is -0.494 e. The van der Waals surface area contributed by atoms with Crippen LogP contribution in [0.5, 0.6) is 5.75 Å². The van der Waals surface area contributed by atoms with Gasteiger partial charge in [-0.25, -0.2) is 14.4 Å². The van der Waals surface area contributed by atoms with Crippen molar-refractivity contribution in [3.63, 3.8) is 0 Å². The van der Waals surface area contributed by atoms with Gasteiger partial charge in [0.1, 0.15) is 0 Å². The fourth-order valence-electron chi connectivity index (χ4n) is 3.82. The van der Waals surface area contributed by atoms with Crippen molar-refractivity contribution in [3.8, 4) is 17.0 Å². The molecule has 2 heterocycles. The number of nitrogens with one attached hydrogen (secondary N) is 2. The summed E-state index contributed by atoms with van der Waals surface area (Å²) in [5.74, 6) is -2.04. The number of aromatic nitrogens is 3. The van der Waals surface area contributed by atoms with Crippen LogP contribution in [0.1, 0.15) is 36.7 Å². The predicted molar refractivity (Wildman–Crippen MR) is 142 cm³/mol. The highest BCUT2D eigenvalue weighted by Crippen LogP contribution is 2.31. The number of anilines is 2. The molecule has 0 atom stereocenters. The molecular formula is C26H29ClF2N6O2. The van der Waals surface area contributed by atoms with Crippen molar-refractivity contribution in [2.24, 2.45) is 5.73 Å². The standard InChI is InChI=1S/C26H28F2N6O2.ClH/c1-5-15-12-16(6-7-17(15)25(35)32-14-26(2,3)29)33-23-24-31-13-19(34(24)11-10-30-23)18-8-9-20(36-4)22(28)21(18)27;/h6-13H,5,14,29H2,1-4H3,(H,30,33)(H,32,35);1H. The van der Waals surface area contributed by atoms with Gasteiger partial charge < -0.3 is 21.1 Å². The molecule has 8 nitrogen and oxygen atoms in total. The molecular weight excluding hydrogens is 502 g/mol. The maximum atomic E-state index is 14.7. The Morgan fingerprint density at radius 1 is 1.16 bits per heavy atom. The number of amides is 1. The average molecular weight is 531 g/mol. The van der Waals surface area contributed by atoms with Gasteiger partial charge in [-0.3, -0.25) is 9.20 Å². The van der Waals surface area contributed by atoms with Gasteiger partial charge in [-0.15, -0.1) is 12.4 Å². The third-order valence-corrected chi connectivity index (χ3v) is 5.67. The van der Waals surface area contributed by atoms with Crippen LogP contribution >= 0.6 is 12.4 Å². The summed E-state index contributed by atoms with van der Waals surface area (Å²) in [5.41, 5.74) is 8.40. The summed E-state index contributed by atoms with van der Waals surface area (Å²) in [6.07, 6.45) is 5.25. The number of carbonyl (C=O) groups is 1. The van der Waals surface area contributed by atoms with Crippen molar-refractivity contribution in [1.82, 2.24) is 19.7 Å². The zero-order chi connectivity index (χ0) is 26.0. The Morgan fingerprint density at radius 3 is 2.59 bits per heavy atom. The lowest BCUT2D eigenvalue weighted by atomic mass is 10.0. The van der Waals surface area contributed by atoms with Crippen LogP contribution in [-0.4, -0.2) is 39.5 Å². The summed E-state index contributed by atoms with van der Waals surface area (Å²) >= 11 is 0. The first-order chi connectivity index (χ1) is 17.1. The van der Waals surface area contributed by atoms with Gasteiger partial charge in [-0.1, -0.05) is 6.92 Å². The Labute approximate surface area is 219 Å². The zero-order valence-electron chi connectivity index (χ0n) is 20.9. The number of aryl methyl sites for hydroxylation is 1. The number of hydrogen-bond donors (Lipinski definition) is 3. The minimum absolute atomic E-state index is 0. The minimum atomic E-state index is -1.07. The van der Waals surface area contributed by atoms with Gasteiger partial charge in [0.05, 0.1) is 19.0 Å². The molecule has 0 fully saturated rings. The maximum Gasteiger partial charge on any atom is 0.251 e. The molecule has 4 aromatic rings. The number of halogens is 3. The summed E-state index contributed by atoms with van der Waals surface area (Å²) in [5, 5.41) is 6.08. The highest BCUT2D eigenvalue weighted by atomic mass is 35.5. The normalized spacial score (nSPS) is 11.2. The molecule has 0 aliphatic heterocycles. The Balaban J connectivity index is 0.00000380. The Hall–Kier alpha value is -3.76. The quantitative estimate of drug-likeness (QED) is 0.300. The topological polar surface area (TPSA) is 107 Å². The van der Waals surface area contributed by atoms with E-state index in [1.54, 1.807) is 22.7 Å². The highest BCUT2D eigenvalue weighted by Gasteiger charge is 2.20. The van der Waals surface area contributed by atoms with Crippen molar-refractivity contribution in [2.75, 3.05) is 19.0 Å². The number of methoxy groups -OCH3 is 1. The largest absolute Gasteiger partial charge is 0.494 e. The van der Waals surface area contributed by atoms with E-state index in [2.05, 4.69) is 20.6 Å². The number of carbonyl (C=O) groups excluding carboxylic acids is 1. The summed E-state index contributed by atoms with van der Waals surface area (Å²) in [7, 11) is 1.28. The van der Waals surface area contributed by atoms with E-state index in [4.69, 9.17) is 10.5 Å². The van der Waals surface area contributed by atoms with Crippen molar-refractivity contribution >= 4 is 35.5 Å². The van der Waals surface area contributed by atoms with Gasteiger partial charge in [0, 0.05) is 41.3 Å². The van der Waals surface area contributed by atoms with E-state index in [9.17, 15) is 13.6 Å². The van der Waals surface area contributed by atoms with Crippen LogP contribution in [0.2, 0.25) is 0 Å². The fourth-order valence-corrected chi connectivity index (χ4v) is 3.82. The number of rotatable bonds is 8. The predicted octanol–water partition coefficient (Wildman–Crippen LogP) is 4.88. The van der Waals surface area contributed by atoms with Gasteiger partial charge in [-0.2, -0.15) is 4.39 Å². The molecule has 0 bridgehead atoms. The van der Waals surface area contributed by atoms with Crippen molar-refractivity contribution in [1.29, 1.82) is 0 Å². The second-order valence-corrected chi connectivity index (χ2v) is 9.08. The third-order valence-electron chi connectivity index (χ3n) is 5.67. The van der Waals surface area contributed by atoms with E-state index in [0.717, 1.165) is 5.56 Å². The summed E-state index contributed by atoms with van der Waals surface area (Å²) in [6.45, 7) is 6.00. The molecule has 2 aromatic carbocycles.